The fourth-order valence-electron chi connectivity index (χ4n) is 1.03. The zero-order valence-corrected chi connectivity index (χ0v) is 8.54. The maximum atomic E-state index is 11.1. The minimum Gasteiger partial charge on any atom is -0.456 e. The van der Waals surface area contributed by atoms with Gasteiger partial charge in [-0.3, -0.25) is 4.99 Å². The van der Waals surface area contributed by atoms with E-state index in [1.165, 1.54) is 12.6 Å². The number of carbonyl (C=O) groups excluding carboxylic acids is 1. The number of hydrogen-bond donors (Lipinski definition) is 0. The summed E-state index contributed by atoms with van der Waals surface area (Å²) >= 11 is 0. The Bertz CT molecular complexity index is 211. The molecule has 0 aliphatic heterocycles. The smallest absolute Gasteiger partial charge is 0.349 e. The van der Waals surface area contributed by atoms with Crippen LogP contribution in [0.15, 0.2) is 4.99 Å². The molecule has 0 amide bonds. The number of nitrogens with zero attached hydrogens (tertiary/aromatic N) is 1. The molecule has 0 bridgehead atoms. The first-order valence-electron chi connectivity index (χ1n) is 4.73. The Morgan fingerprint density at radius 3 is 2.46 bits per heavy atom. The van der Waals surface area contributed by atoms with Crippen LogP contribution in [0, 0.1) is 0 Å². The zero-order chi connectivity index (χ0) is 9.90. The van der Waals surface area contributed by atoms with Crippen LogP contribution in [-0.2, 0) is 9.53 Å². The monoisotopic (exact) mass is 183 g/mol. The summed E-state index contributed by atoms with van der Waals surface area (Å²) in [5, 5.41) is 0. The van der Waals surface area contributed by atoms with Gasteiger partial charge in [-0.1, -0.05) is 0 Å². The Morgan fingerprint density at radius 1 is 1.46 bits per heavy atom. The molecule has 1 rings (SSSR count). The van der Waals surface area contributed by atoms with Gasteiger partial charge < -0.3 is 4.74 Å². The lowest BCUT2D eigenvalue weighted by Crippen LogP contribution is -2.25. The van der Waals surface area contributed by atoms with Gasteiger partial charge in [-0.2, -0.15) is 0 Å². The molecule has 0 N–H and O–H groups in total. The molecule has 3 nitrogen and oxygen atoms in total. The summed E-state index contributed by atoms with van der Waals surface area (Å²) < 4.78 is 5.07. The summed E-state index contributed by atoms with van der Waals surface area (Å²) in [7, 11) is 0. The molecule has 1 saturated carbocycles. The van der Waals surface area contributed by atoms with Crippen LogP contribution in [0.25, 0.3) is 0 Å². The predicted octanol–water partition coefficient (Wildman–Crippen LogP) is 1.95. The van der Waals surface area contributed by atoms with E-state index in [-0.39, 0.29) is 5.97 Å². The molecule has 3 heteroatoms. The Balaban J connectivity index is 2.27. The zero-order valence-electron chi connectivity index (χ0n) is 8.54. The third-order valence-electron chi connectivity index (χ3n) is 1.87. The van der Waals surface area contributed by atoms with Crippen LogP contribution < -0.4 is 0 Å². The number of esters is 1. The second-order valence-corrected chi connectivity index (χ2v) is 4.40. The summed E-state index contributed by atoms with van der Waals surface area (Å²) in [6.45, 7) is 5.55. The first-order valence-corrected chi connectivity index (χ1v) is 4.73. The van der Waals surface area contributed by atoms with Crippen molar-refractivity contribution in [2.75, 3.05) is 0 Å². The van der Waals surface area contributed by atoms with E-state index in [9.17, 15) is 4.79 Å². The van der Waals surface area contributed by atoms with E-state index < -0.39 is 5.60 Å². The van der Waals surface area contributed by atoms with Gasteiger partial charge in [0.05, 0.1) is 6.04 Å². The third kappa shape index (κ3) is 4.06. The van der Waals surface area contributed by atoms with Crippen molar-refractivity contribution in [1.29, 1.82) is 0 Å². The van der Waals surface area contributed by atoms with Crippen LogP contribution in [0.3, 0.4) is 0 Å². The summed E-state index contributed by atoms with van der Waals surface area (Å²) in [5.74, 6) is -0.334. The van der Waals surface area contributed by atoms with E-state index in [1.807, 2.05) is 20.8 Å². The highest BCUT2D eigenvalue weighted by atomic mass is 16.6. The van der Waals surface area contributed by atoms with Crippen LogP contribution in [0.1, 0.15) is 40.0 Å². The average Bonchev–Trinajstić information content (AvgIpc) is 1.78. The average molecular weight is 183 g/mol. The Labute approximate surface area is 79.2 Å². The predicted molar refractivity (Wildman–Crippen MR) is 52.0 cm³/mol. The van der Waals surface area contributed by atoms with Crippen molar-refractivity contribution in [3.8, 4) is 0 Å². The lowest BCUT2D eigenvalue weighted by molar-refractivity contribution is -0.145. The first kappa shape index (κ1) is 10.2. The fraction of sp³-hybridized carbons (Fsp3) is 0.800. The molecule has 0 aromatic heterocycles. The number of carbonyl (C=O) groups is 1. The SMILES string of the molecule is CC(C)(C)OC(=O)/C=N\C1CCC1. The van der Waals surface area contributed by atoms with Crippen LogP contribution in [-0.4, -0.2) is 23.8 Å². The molecule has 0 heterocycles. The molecule has 1 aliphatic carbocycles. The molecule has 13 heavy (non-hydrogen) atoms. The quantitative estimate of drug-likeness (QED) is 0.485. The minimum atomic E-state index is -0.414. The van der Waals surface area contributed by atoms with E-state index in [1.54, 1.807) is 0 Å². The molecular weight excluding hydrogens is 166 g/mol. The van der Waals surface area contributed by atoms with Crippen molar-refractivity contribution in [3.05, 3.63) is 0 Å². The van der Waals surface area contributed by atoms with Crippen molar-refractivity contribution < 1.29 is 9.53 Å². The number of ether oxygens (including phenoxy) is 1. The summed E-state index contributed by atoms with van der Waals surface area (Å²) in [6, 6.07) is 0.368. The molecule has 1 aliphatic rings. The fourth-order valence-corrected chi connectivity index (χ4v) is 1.03. The van der Waals surface area contributed by atoms with Gasteiger partial charge in [0.15, 0.2) is 0 Å². The molecule has 0 saturated heterocycles. The summed E-state index contributed by atoms with van der Waals surface area (Å²) in [4.78, 5) is 15.2. The Hall–Kier alpha value is -0.860. The highest BCUT2D eigenvalue weighted by Gasteiger charge is 2.17. The van der Waals surface area contributed by atoms with Gasteiger partial charge >= 0.3 is 5.97 Å². The van der Waals surface area contributed by atoms with Gasteiger partial charge in [0, 0.05) is 0 Å². The van der Waals surface area contributed by atoms with Crippen molar-refractivity contribution in [2.45, 2.75) is 51.7 Å². The molecule has 0 radical (unpaired) electrons. The van der Waals surface area contributed by atoms with Gasteiger partial charge in [-0.15, -0.1) is 0 Å². The minimum absolute atomic E-state index is 0.334. The van der Waals surface area contributed by atoms with Gasteiger partial charge in [0.25, 0.3) is 0 Å². The molecule has 0 spiro atoms. The van der Waals surface area contributed by atoms with Gasteiger partial charge in [0.1, 0.15) is 11.8 Å². The van der Waals surface area contributed by atoms with Gasteiger partial charge in [-0.05, 0) is 40.0 Å². The van der Waals surface area contributed by atoms with Crippen molar-refractivity contribution in [3.63, 3.8) is 0 Å². The summed E-state index contributed by atoms with van der Waals surface area (Å²) in [6.07, 6.45) is 4.77. The molecule has 0 unspecified atom stereocenters. The second kappa shape index (κ2) is 3.90. The maximum Gasteiger partial charge on any atom is 0.349 e. The first-order chi connectivity index (χ1) is 5.97. The van der Waals surface area contributed by atoms with E-state index >= 15 is 0 Å². The Morgan fingerprint density at radius 2 is 2.08 bits per heavy atom. The molecule has 74 valence electrons. The highest BCUT2D eigenvalue weighted by molar-refractivity contribution is 6.23. The topological polar surface area (TPSA) is 38.7 Å². The van der Waals surface area contributed by atoms with Crippen LogP contribution in [0.2, 0.25) is 0 Å². The molecule has 0 aromatic rings. The molecule has 0 aromatic carbocycles. The summed E-state index contributed by atoms with van der Waals surface area (Å²) in [5.41, 5.74) is -0.414. The van der Waals surface area contributed by atoms with Crippen LogP contribution in [0.4, 0.5) is 0 Å². The molecule has 1 fully saturated rings. The second-order valence-electron chi connectivity index (χ2n) is 4.40. The molecule has 0 atom stereocenters. The van der Waals surface area contributed by atoms with E-state index in [0.717, 1.165) is 12.8 Å². The van der Waals surface area contributed by atoms with Crippen molar-refractivity contribution in [2.24, 2.45) is 4.99 Å². The lowest BCUT2D eigenvalue weighted by Gasteiger charge is -2.21. The van der Waals surface area contributed by atoms with E-state index in [4.69, 9.17) is 4.74 Å². The van der Waals surface area contributed by atoms with Crippen molar-refractivity contribution >= 4 is 12.2 Å². The normalized spacial score (nSPS) is 18.7. The standard InChI is InChI=1S/C10H17NO2/c1-10(2,3)13-9(12)7-11-8-5-4-6-8/h7-8H,4-6H2,1-3H3/b11-7-. The highest BCUT2D eigenvalue weighted by Crippen LogP contribution is 2.21. The largest absolute Gasteiger partial charge is 0.456 e. The number of rotatable bonds is 2. The van der Waals surface area contributed by atoms with Crippen LogP contribution >= 0.6 is 0 Å². The van der Waals surface area contributed by atoms with Gasteiger partial charge in [0.2, 0.25) is 0 Å². The van der Waals surface area contributed by atoms with Crippen LogP contribution in [0.5, 0.6) is 0 Å². The Kier molecular flexibility index (Phi) is 3.07. The van der Waals surface area contributed by atoms with E-state index in [2.05, 4.69) is 4.99 Å². The number of aliphatic imine (C=N–C) groups is 1. The lowest BCUT2D eigenvalue weighted by atomic mass is 9.94. The molecular formula is C10H17NO2. The third-order valence-corrected chi connectivity index (χ3v) is 1.87. The number of hydrogen-bond acceptors (Lipinski definition) is 3. The maximum absolute atomic E-state index is 11.1. The van der Waals surface area contributed by atoms with Gasteiger partial charge in [-0.25, -0.2) is 4.79 Å². The van der Waals surface area contributed by atoms with E-state index in [0.29, 0.717) is 6.04 Å². The van der Waals surface area contributed by atoms with Crippen molar-refractivity contribution in [1.82, 2.24) is 0 Å².